The van der Waals surface area contributed by atoms with Gasteiger partial charge < -0.3 is 4.74 Å². The van der Waals surface area contributed by atoms with Crippen LogP contribution in [0.2, 0.25) is 0 Å². The van der Waals surface area contributed by atoms with Gasteiger partial charge in [-0.2, -0.15) is 0 Å². The van der Waals surface area contributed by atoms with E-state index in [1.807, 2.05) is 44.2 Å². The van der Waals surface area contributed by atoms with Crippen molar-refractivity contribution in [3.63, 3.8) is 0 Å². The number of amides is 2. The summed E-state index contributed by atoms with van der Waals surface area (Å²) < 4.78 is 4.96. The molecule has 102 valence electrons. The lowest BCUT2D eigenvalue weighted by Crippen LogP contribution is -2.59. The summed E-state index contributed by atoms with van der Waals surface area (Å²) in [6.45, 7) is 6.01. The predicted molar refractivity (Wildman–Crippen MR) is 71.4 cm³/mol. The third-order valence-electron chi connectivity index (χ3n) is 3.46. The summed E-state index contributed by atoms with van der Waals surface area (Å²) in [5, 5.41) is 0. The molecule has 0 bridgehead atoms. The average Bonchev–Trinajstić information content (AvgIpc) is 2.36. The van der Waals surface area contributed by atoms with Crippen LogP contribution < -0.4 is 0 Å². The van der Waals surface area contributed by atoms with Gasteiger partial charge in [-0.15, -0.1) is 0 Å². The minimum atomic E-state index is -0.543. The van der Waals surface area contributed by atoms with Crippen LogP contribution in [-0.4, -0.2) is 23.5 Å². The number of carbonyl (C=O) groups excluding carboxylic acids is 2. The lowest BCUT2D eigenvalue weighted by molar-refractivity contribution is -0.156. The highest BCUT2D eigenvalue weighted by Gasteiger charge is 2.53. The molecule has 19 heavy (non-hydrogen) atoms. The fourth-order valence-corrected chi connectivity index (χ4v) is 2.56. The normalized spacial score (nSPS) is 22.3. The van der Waals surface area contributed by atoms with E-state index in [0.29, 0.717) is 0 Å². The molecule has 2 atom stereocenters. The predicted octanol–water partition coefficient (Wildman–Crippen LogP) is 3.00. The van der Waals surface area contributed by atoms with Crippen molar-refractivity contribution in [3.8, 4) is 0 Å². The summed E-state index contributed by atoms with van der Waals surface area (Å²) in [4.78, 5) is 25.2. The Kier molecular flexibility index (Phi) is 3.88. The van der Waals surface area contributed by atoms with Crippen molar-refractivity contribution >= 4 is 12.0 Å². The molecule has 4 nitrogen and oxygen atoms in total. The van der Waals surface area contributed by atoms with E-state index in [2.05, 4.69) is 0 Å². The number of hydrogen-bond donors (Lipinski definition) is 0. The van der Waals surface area contributed by atoms with Gasteiger partial charge in [0, 0.05) is 0 Å². The summed E-state index contributed by atoms with van der Waals surface area (Å²) in [5.41, 5.74) is 0.980. The third kappa shape index (κ3) is 2.35. The molecule has 0 spiro atoms. The molecule has 1 aliphatic heterocycles. The molecular weight excluding hydrogens is 242 g/mol. The first-order valence-corrected chi connectivity index (χ1v) is 6.62. The van der Waals surface area contributed by atoms with E-state index in [0.717, 1.165) is 5.56 Å². The van der Waals surface area contributed by atoms with E-state index in [4.69, 9.17) is 4.74 Å². The van der Waals surface area contributed by atoms with Crippen LogP contribution >= 0.6 is 0 Å². The number of nitrogens with zero attached hydrogens (tertiary/aromatic N) is 1. The van der Waals surface area contributed by atoms with Gasteiger partial charge in [0.25, 0.3) is 0 Å². The van der Waals surface area contributed by atoms with Gasteiger partial charge >= 0.3 is 6.09 Å². The Morgan fingerprint density at radius 1 is 1.32 bits per heavy atom. The van der Waals surface area contributed by atoms with E-state index in [-0.39, 0.29) is 30.4 Å². The van der Waals surface area contributed by atoms with Gasteiger partial charge in [0.2, 0.25) is 5.91 Å². The summed E-state index contributed by atoms with van der Waals surface area (Å²) in [7, 11) is 0. The summed E-state index contributed by atoms with van der Waals surface area (Å²) in [6.07, 6.45) is -0.543. The van der Waals surface area contributed by atoms with Crippen molar-refractivity contribution < 1.29 is 14.3 Å². The topological polar surface area (TPSA) is 46.6 Å². The Morgan fingerprint density at radius 2 is 1.95 bits per heavy atom. The number of ether oxygens (including phenoxy) is 1. The number of likely N-dealkylation sites (tertiary alicyclic amines) is 1. The Balaban J connectivity index is 2.29. The van der Waals surface area contributed by atoms with E-state index in [9.17, 15) is 9.59 Å². The Morgan fingerprint density at radius 3 is 2.47 bits per heavy atom. The fraction of sp³-hybridized carbons (Fsp3) is 0.467. The standard InChI is InChI=1S/C15H19NO3/c1-4-19-15(18)16-13(11-8-6-5-7-9-11)12(10(2)3)14(16)17/h5-10,12-13H,4H2,1-3H3/t12-,13-/m0/s1. The van der Waals surface area contributed by atoms with E-state index in [1.54, 1.807) is 6.92 Å². The van der Waals surface area contributed by atoms with Gasteiger partial charge in [-0.1, -0.05) is 44.2 Å². The highest BCUT2D eigenvalue weighted by atomic mass is 16.6. The molecule has 0 aliphatic carbocycles. The van der Waals surface area contributed by atoms with Crippen LogP contribution in [0, 0.1) is 11.8 Å². The smallest absolute Gasteiger partial charge is 0.417 e. The van der Waals surface area contributed by atoms with E-state index in [1.165, 1.54) is 4.90 Å². The van der Waals surface area contributed by atoms with Crippen LogP contribution in [0.15, 0.2) is 30.3 Å². The van der Waals surface area contributed by atoms with Crippen LogP contribution in [0.5, 0.6) is 0 Å². The lowest BCUT2D eigenvalue weighted by atomic mass is 9.76. The van der Waals surface area contributed by atoms with Crippen molar-refractivity contribution in [2.24, 2.45) is 11.8 Å². The van der Waals surface area contributed by atoms with Crippen molar-refractivity contribution in [2.75, 3.05) is 6.61 Å². The zero-order valence-corrected chi connectivity index (χ0v) is 11.5. The maximum atomic E-state index is 12.1. The summed E-state index contributed by atoms with van der Waals surface area (Å²) >= 11 is 0. The molecule has 1 aromatic carbocycles. The molecule has 2 rings (SSSR count). The van der Waals surface area contributed by atoms with Crippen molar-refractivity contribution in [1.82, 2.24) is 4.90 Å². The van der Waals surface area contributed by atoms with Crippen LogP contribution in [-0.2, 0) is 9.53 Å². The molecule has 1 aromatic rings. The number of β-lactam (4-membered cyclic amide) rings is 1. The molecular formula is C15H19NO3. The second kappa shape index (κ2) is 5.43. The molecule has 4 heteroatoms. The molecule has 1 fully saturated rings. The Hall–Kier alpha value is -1.84. The number of hydrogen-bond acceptors (Lipinski definition) is 3. The number of imide groups is 1. The van der Waals surface area contributed by atoms with Gasteiger partial charge in [-0.3, -0.25) is 4.79 Å². The van der Waals surface area contributed by atoms with Gasteiger partial charge in [-0.25, -0.2) is 9.69 Å². The van der Waals surface area contributed by atoms with Crippen molar-refractivity contribution in [2.45, 2.75) is 26.8 Å². The lowest BCUT2D eigenvalue weighted by Gasteiger charge is -2.46. The fourth-order valence-electron chi connectivity index (χ4n) is 2.56. The first-order chi connectivity index (χ1) is 9.07. The minimum absolute atomic E-state index is 0.137. The molecule has 0 unspecified atom stereocenters. The number of benzene rings is 1. The molecule has 0 aromatic heterocycles. The second-order valence-electron chi connectivity index (χ2n) is 5.03. The largest absolute Gasteiger partial charge is 0.449 e. The Labute approximate surface area is 113 Å². The summed E-state index contributed by atoms with van der Waals surface area (Å²) in [6, 6.07) is 9.44. The Bertz CT molecular complexity index is 470. The van der Waals surface area contributed by atoms with E-state index < -0.39 is 6.09 Å². The van der Waals surface area contributed by atoms with Crippen molar-refractivity contribution in [1.29, 1.82) is 0 Å². The van der Waals surface area contributed by atoms with Crippen molar-refractivity contribution in [3.05, 3.63) is 35.9 Å². The zero-order chi connectivity index (χ0) is 14.0. The second-order valence-corrected chi connectivity index (χ2v) is 5.03. The average molecular weight is 261 g/mol. The van der Waals surface area contributed by atoms with Gasteiger partial charge in [0.05, 0.1) is 18.6 Å². The molecule has 1 saturated heterocycles. The number of rotatable bonds is 3. The van der Waals surface area contributed by atoms with Gasteiger partial charge in [0.15, 0.2) is 0 Å². The first-order valence-electron chi connectivity index (χ1n) is 6.62. The molecule has 0 saturated carbocycles. The quantitative estimate of drug-likeness (QED) is 0.786. The SMILES string of the molecule is CCOC(=O)N1C(=O)[C@@H](C(C)C)[C@@H]1c1ccccc1. The molecule has 1 heterocycles. The summed E-state index contributed by atoms with van der Waals surface area (Å²) in [5.74, 6) is -0.0857. The molecule has 2 amide bonds. The van der Waals surface area contributed by atoms with Crippen LogP contribution in [0.4, 0.5) is 4.79 Å². The minimum Gasteiger partial charge on any atom is -0.449 e. The highest BCUT2D eigenvalue weighted by Crippen LogP contribution is 2.44. The maximum absolute atomic E-state index is 12.1. The van der Waals surface area contributed by atoms with Gasteiger partial charge in [-0.05, 0) is 18.4 Å². The van der Waals surface area contributed by atoms with Crippen LogP contribution in [0.25, 0.3) is 0 Å². The molecule has 0 N–H and O–H groups in total. The van der Waals surface area contributed by atoms with Gasteiger partial charge in [0.1, 0.15) is 0 Å². The highest BCUT2D eigenvalue weighted by molar-refractivity contribution is 5.99. The van der Waals surface area contributed by atoms with E-state index >= 15 is 0 Å². The van der Waals surface area contributed by atoms with Crippen LogP contribution in [0.1, 0.15) is 32.4 Å². The maximum Gasteiger partial charge on any atom is 0.417 e. The molecule has 0 radical (unpaired) electrons. The zero-order valence-electron chi connectivity index (χ0n) is 11.5. The molecule has 1 aliphatic rings. The number of carbonyl (C=O) groups is 2. The van der Waals surface area contributed by atoms with Crippen LogP contribution in [0.3, 0.4) is 0 Å². The third-order valence-corrected chi connectivity index (χ3v) is 3.46. The first kappa shape index (κ1) is 13.6. The monoisotopic (exact) mass is 261 g/mol.